The molecule has 2 N–H and O–H groups in total. The predicted octanol–water partition coefficient (Wildman–Crippen LogP) is 2.91. The van der Waals surface area contributed by atoms with Gasteiger partial charge in [-0.25, -0.2) is 0 Å². The quantitative estimate of drug-likeness (QED) is 0.671. The fourth-order valence-corrected chi connectivity index (χ4v) is 3.21. The van der Waals surface area contributed by atoms with Crippen molar-refractivity contribution in [1.82, 2.24) is 15.2 Å². The molecule has 1 amide bonds. The third-order valence-electron chi connectivity index (χ3n) is 4.57. The first-order valence-corrected chi connectivity index (χ1v) is 8.34. The van der Waals surface area contributed by atoms with Crippen LogP contribution in [-0.2, 0) is 0 Å². The Morgan fingerprint density at radius 1 is 1.38 bits per heavy atom. The summed E-state index contributed by atoms with van der Waals surface area (Å²) in [5.74, 6) is 0.379. The van der Waals surface area contributed by atoms with Crippen molar-refractivity contribution in [3.8, 4) is 17.3 Å². The van der Waals surface area contributed by atoms with Gasteiger partial charge >= 0.3 is 0 Å². The lowest BCUT2D eigenvalue weighted by Gasteiger charge is -2.32. The number of aromatic nitrogens is 1. The number of H-pyrrole nitrogens is 1. The molecule has 0 spiro atoms. The van der Waals surface area contributed by atoms with Crippen LogP contribution in [0.25, 0.3) is 11.1 Å². The van der Waals surface area contributed by atoms with Gasteiger partial charge in [-0.1, -0.05) is 29.8 Å². The molecular formula is C19H22N4O. The topological polar surface area (TPSA) is 71.9 Å². The van der Waals surface area contributed by atoms with Crippen LogP contribution in [-0.4, -0.2) is 35.4 Å². The Balaban J connectivity index is 1.69. The smallest absolute Gasteiger partial charge is 0.270 e. The third-order valence-corrected chi connectivity index (χ3v) is 4.57. The third kappa shape index (κ3) is 3.60. The second kappa shape index (κ2) is 7.22. The summed E-state index contributed by atoms with van der Waals surface area (Å²) in [6.45, 7) is 4.18. The number of amides is 1. The normalized spacial score (nSPS) is 17.3. The summed E-state index contributed by atoms with van der Waals surface area (Å²) in [5, 5.41) is 11.3. The SMILES string of the molecule is Cc1ccc(-c2c[nH]c(C(=O)N3CCC[C@H](CNC#N)C3)c2)cc1. The van der Waals surface area contributed by atoms with Gasteiger partial charge in [-0.2, -0.15) is 5.26 Å². The number of rotatable bonds is 4. The monoisotopic (exact) mass is 322 g/mol. The van der Waals surface area contributed by atoms with Crippen molar-refractivity contribution in [2.75, 3.05) is 19.6 Å². The van der Waals surface area contributed by atoms with E-state index in [4.69, 9.17) is 5.26 Å². The summed E-state index contributed by atoms with van der Waals surface area (Å²) in [5.41, 5.74) is 3.97. The first-order valence-electron chi connectivity index (χ1n) is 8.34. The zero-order valence-corrected chi connectivity index (χ0v) is 13.9. The van der Waals surface area contributed by atoms with Crippen LogP contribution in [0.5, 0.6) is 0 Å². The number of nitrogens with zero attached hydrogens (tertiary/aromatic N) is 2. The average Bonchev–Trinajstić information content (AvgIpc) is 3.10. The van der Waals surface area contributed by atoms with E-state index in [1.54, 1.807) is 0 Å². The minimum atomic E-state index is 0.0371. The Morgan fingerprint density at radius 3 is 2.92 bits per heavy atom. The highest BCUT2D eigenvalue weighted by Crippen LogP contribution is 2.23. The number of aromatic amines is 1. The Hall–Kier alpha value is -2.74. The van der Waals surface area contributed by atoms with E-state index in [1.165, 1.54) is 5.56 Å². The molecule has 0 bridgehead atoms. The molecule has 5 nitrogen and oxygen atoms in total. The number of aryl methyl sites for hydroxylation is 1. The zero-order chi connectivity index (χ0) is 16.9. The van der Waals surface area contributed by atoms with Crippen molar-refractivity contribution in [1.29, 1.82) is 5.26 Å². The van der Waals surface area contributed by atoms with E-state index in [0.29, 0.717) is 24.7 Å². The molecule has 1 aromatic carbocycles. The number of likely N-dealkylation sites (tertiary alicyclic amines) is 1. The summed E-state index contributed by atoms with van der Waals surface area (Å²) in [6, 6.07) is 10.2. The summed E-state index contributed by atoms with van der Waals surface area (Å²) >= 11 is 0. The van der Waals surface area contributed by atoms with Gasteiger partial charge in [0.05, 0.1) is 0 Å². The molecule has 2 heterocycles. The van der Waals surface area contributed by atoms with Crippen LogP contribution in [0.4, 0.5) is 0 Å². The van der Waals surface area contributed by atoms with Crippen molar-refractivity contribution in [3.05, 3.63) is 47.8 Å². The second-order valence-corrected chi connectivity index (χ2v) is 6.42. The van der Waals surface area contributed by atoms with Crippen LogP contribution in [0.2, 0.25) is 0 Å². The van der Waals surface area contributed by atoms with Gasteiger partial charge in [0.2, 0.25) is 0 Å². The van der Waals surface area contributed by atoms with Gasteiger partial charge in [0.1, 0.15) is 5.69 Å². The van der Waals surface area contributed by atoms with Gasteiger partial charge in [0.15, 0.2) is 6.19 Å². The maximum atomic E-state index is 12.7. The van der Waals surface area contributed by atoms with Crippen LogP contribution in [0.1, 0.15) is 28.9 Å². The van der Waals surface area contributed by atoms with Crippen LogP contribution in [0, 0.1) is 24.3 Å². The number of hydrogen-bond donors (Lipinski definition) is 2. The molecule has 0 radical (unpaired) electrons. The summed E-state index contributed by atoms with van der Waals surface area (Å²) < 4.78 is 0. The minimum Gasteiger partial charge on any atom is -0.357 e. The lowest BCUT2D eigenvalue weighted by atomic mass is 9.98. The standard InChI is InChI=1S/C19H22N4O/c1-14-4-6-16(7-5-14)17-9-18(22-11-17)19(24)23-8-2-3-15(12-23)10-21-13-20/h4-7,9,11,15,21-22H,2-3,8,10,12H2,1H3/t15-/m1/s1. The fraction of sp³-hybridized carbons (Fsp3) is 0.368. The van der Waals surface area contributed by atoms with Gasteiger partial charge in [0.25, 0.3) is 5.91 Å². The lowest BCUT2D eigenvalue weighted by Crippen LogP contribution is -2.42. The van der Waals surface area contributed by atoms with Crippen LogP contribution < -0.4 is 5.32 Å². The van der Waals surface area contributed by atoms with E-state index in [1.807, 2.05) is 23.4 Å². The number of carbonyl (C=O) groups is 1. The van der Waals surface area contributed by atoms with Crippen molar-refractivity contribution >= 4 is 5.91 Å². The number of benzene rings is 1. The number of hydrogen-bond acceptors (Lipinski definition) is 3. The van der Waals surface area contributed by atoms with E-state index in [0.717, 1.165) is 30.5 Å². The molecule has 124 valence electrons. The average molecular weight is 322 g/mol. The molecule has 1 aliphatic rings. The molecule has 1 aromatic heterocycles. The lowest BCUT2D eigenvalue weighted by molar-refractivity contribution is 0.0670. The highest BCUT2D eigenvalue weighted by molar-refractivity contribution is 5.94. The van der Waals surface area contributed by atoms with Gasteiger partial charge in [-0.3, -0.25) is 4.79 Å². The summed E-state index contributed by atoms with van der Waals surface area (Å²) in [4.78, 5) is 17.7. The van der Waals surface area contributed by atoms with Gasteiger partial charge in [-0.15, -0.1) is 0 Å². The Bertz CT molecular complexity index is 741. The largest absolute Gasteiger partial charge is 0.357 e. The number of piperidine rings is 1. The number of nitrogens with one attached hydrogen (secondary N) is 2. The van der Waals surface area contributed by atoms with E-state index in [2.05, 4.69) is 41.5 Å². The highest BCUT2D eigenvalue weighted by Gasteiger charge is 2.25. The van der Waals surface area contributed by atoms with Gasteiger partial charge in [-0.05, 0) is 42.9 Å². The van der Waals surface area contributed by atoms with E-state index >= 15 is 0 Å². The maximum absolute atomic E-state index is 12.7. The number of nitriles is 1. The number of carbonyl (C=O) groups excluding carboxylic acids is 1. The van der Waals surface area contributed by atoms with Crippen molar-refractivity contribution in [3.63, 3.8) is 0 Å². The van der Waals surface area contributed by atoms with Gasteiger partial charge < -0.3 is 15.2 Å². The van der Waals surface area contributed by atoms with Crippen molar-refractivity contribution < 1.29 is 4.79 Å². The Labute approximate surface area is 142 Å². The van der Waals surface area contributed by atoms with E-state index in [9.17, 15) is 4.79 Å². The van der Waals surface area contributed by atoms with Crippen LogP contribution >= 0.6 is 0 Å². The first-order chi connectivity index (χ1) is 11.7. The fourth-order valence-electron chi connectivity index (χ4n) is 3.21. The molecule has 2 aromatic rings. The summed E-state index contributed by atoms with van der Waals surface area (Å²) in [6.07, 6.45) is 5.88. The first kappa shape index (κ1) is 16.1. The molecule has 3 rings (SSSR count). The maximum Gasteiger partial charge on any atom is 0.270 e. The minimum absolute atomic E-state index is 0.0371. The van der Waals surface area contributed by atoms with Crippen molar-refractivity contribution in [2.45, 2.75) is 19.8 Å². The molecule has 1 saturated heterocycles. The highest BCUT2D eigenvalue weighted by atomic mass is 16.2. The Kier molecular flexibility index (Phi) is 4.85. The molecule has 24 heavy (non-hydrogen) atoms. The zero-order valence-electron chi connectivity index (χ0n) is 13.9. The summed E-state index contributed by atoms with van der Waals surface area (Å²) in [7, 11) is 0. The van der Waals surface area contributed by atoms with Crippen molar-refractivity contribution in [2.24, 2.45) is 5.92 Å². The second-order valence-electron chi connectivity index (χ2n) is 6.42. The van der Waals surface area contributed by atoms with Gasteiger partial charge in [0, 0.05) is 25.8 Å². The molecule has 0 saturated carbocycles. The Morgan fingerprint density at radius 2 is 2.17 bits per heavy atom. The molecule has 1 fully saturated rings. The molecule has 1 aliphatic heterocycles. The van der Waals surface area contributed by atoms with Crippen LogP contribution in [0.15, 0.2) is 36.5 Å². The molecule has 5 heteroatoms. The van der Waals surface area contributed by atoms with Crippen LogP contribution in [0.3, 0.4) is 0 Å². The molecular weight excluding hydrogens is 300 g/mol. The molecule has 1 atom stereocenters. The molecule has 0 aliphatic carbocycles. The van der Waals surface area contributed by atoms with E-state index in [-0.39, 0.29) is 5.91 Å². The van der Waals surface area contributed by atoms with E-state index < -0.39 is 0 Å². The predicted molar refractivity (Wildman–Crippen MR) is 93.2 cm³/mol. The molecule has 0 unspecified atom stereocenters.